The summed E-state index contributed by atoms with van der Waals surface area (Å²) >= 11 is 0. The largest absolute Gasteiger partial charge is 0.340 e. The summed E-state index contributed by atoms with van der Waals surface area (Å²) in [6, 6.07) is 4.48. The van der Waals surface area contributed by atoms with Crippen molar-refractivity contribution >= 4 is 6.03 Å². The molecule has 2 atom stereocenters. The van der Waals surface area contributed by atoms with Crippen LogP contribution in [0.3, 0.4) is 0 Å². The van der Waals surface area contributed by atoms with Crippen molar-refractivity contribution in [1.82, 2.24) is 20.8 Å². The third kappa shape index (κ3) is 3.33. The first-order valence-corrected chi connectivity index (χ1v) is 7.65. The lowest BCUT2D eigenvalue weighted by molar-refractivity contribution is 0.228. The van der Waals surface area contributed by atoms with Gasteiger partial charge >= 0.3 is 6.03 Å². The highest BCUT2D eigenvalue weighted by molar-refractivity contribution is 5.74. The molecule has 1 aliphatic carbocycles. The minimum atomic E-state index is -0.332. The fourth-order valence-electron chi connectivity index (χ4n) is 2.96. The minimum Gasteiger partial charge on any atom is -0.340 e. The second kappa shape index (κ2) is 6.36. The van der Waals surface area contributed by atoms with Gasteiger partial charge in [0.25, 0.3) is 0 Å². The summed E-state index contributed by atoms with van der Waals surface area (Å²) in [5.41, 5.74) is 1.55. The van der Waals surface area contributed by atoms with Crippen LogP contribution in [-0.4, -0.2) is 16.2 Å². The van der Waals surface area contributed by atoms with E-state index < -0.39 is 0 Å². The standard InChI is InChI=1S/C16H19FN4O2/c1-9-6-7-11-12(4-3-5-13(11)17)15(9)20-16(22)18-8-14-19-10(2)23-21-14/h3-5,9,15H,6-8H2,1-2H3,(H2,18,20,22)/t9-,15+/m1/s1. The van der Waals surface area contributed by atoms with E-state index in [1.807, 2.05) is 6.07 Å². The van der Waals surface area contributed by atoms with Crippen LogP contribution in [0.15, 0.2) is 22.7 Å². The maximum atomic E-state index is 13.9. The third-order valence-corrected chi connectivity index (χ3v) is 4.17. The van der Waals surface area contributed by atoms with Gasteiger partial charge in [0.1, 0.15) is 5.82 Å². The zero-order valence-corrected chi connectivity index (χ0v) is 13.1. The Labute approximate surface area is 133 Å². The Balaban J connectivity index is 1.67. The van der Waals surface area contributed by atoms with Crippen LogP contribution in [0, 0.1) is 18.7 Å². The number of hydrogen-bond donors (Lipinski definition) is 2. The molecule has 3 rings (SSSR count). The smallest absolute Gasteiger partial charge is 0.315 e. The number of carbonyl (C=O) groups excluding carboxylic acids is 1. The van der Waals surface area contributed by atoms with E-state index in [0.29, 0.717) is 23.7 Å². The van der Waals surface area contributed by atoms with Crippen LogP contribution in [0.25, 0.3) is 0 Å². The topological polar surface area (TPSA) is 80.0 Å². The van der Waals surface area contributed by atoms with Gasteiger partial charge in [-0.1, -0.05) is 24.2 Å². The highest BCUT2D eigenvalue weighted by Crippen LogP contribution is 2.35. The summed E-state index contributed by atoms with van der Waals surface area (Å²) in [5.74, 6) is 0.902. The van der Waals surface area contributed by atoms with Crippen LogP contribution in [-0.2, 0) is 13.0 Å². The number of carbonyl (C=O) groups is 1. The molecule has 1 heterocycles. The van der Waals surface area contributed by atoms with Crippen molar-refractivity contribution < 1.29 is 13.7 Å². The number of aryl methyl sites for hydroxylation is 1. The monoisotopic (exact) mass is 318 g/mol. The molecule has 122 valence electrons. The number of nitrogens with zero attached hydrogens (tertiary/aromatic N) is 2. The van der Waals surface area contributed by atoms with E-state index >= 15 is 0 Å². The van der Waals surface area contributed by atoms with E-state index in [2.05, 4.69) is 27.7 Å². The maximum Gasteiger partial charge on any atom is 0.315 e. The summed E-state index contributed by atoms with van der Waals surface area (Å²) in [4.78, 5) is 16.2. The number of nitrogens with one attached hydrogen (secondary N) is 2. The number of fused-ring (bicyclic) bond motifs is 1. The molecule has 2 N–H and O–H groups in total. The summed E-state index contributed by atoms with van der Waals surface area (Å²) < 4.78 is 18.8. The number of amides is 2. The van der Waals surface area contributed by atoms with E-state index in [0.717, 1.165) is 12.0 Å². The van der Waals surface area contributed by atoms with Crippen molar-refractivity contribution in [3.8, 4) is 0 Å². The van der Waals surface area contributed by atoms with Crippen LogP contribution in [0.5, 0.6) is 0 Å². The van der Waals surface area contributed by atoms with Crippen molar-refractivity contribution in [1.29, 1.82) is 0 Å². The summed E-state index contributed by atoms with van der Waals surface area (Å²) in [6.45, 7) is 3.92. The zero-order chi connectivity index (χ0) is 16.4. The molecular weight excluding hydrogens is 299 g/mol. The Bertz CT molecular complexity index is 716. The Kier molecular flexibility index (Phi) is 4.27. The number of halogens is 1. The average molecular weight is 318 g/mol. The molecule has 1 aromatic carbocycles. The first-order valence-electron chi connectivity index (χ1n) is 7.65. The lowest BCUT2D eigenvalue weighted by Gasteiger charge is -2.32. The third-order valence-electron chi connectivity index (χ3n) is 4.17. The number of hydrogen-bond acceptors (Lipinski definition) is 4. The Hall–Kier alpha value is -2.44. The number of benzene rings is 1. The van der Waals surface area contributed by atoms with E-state index in [1.165, 1.54) is 6.07 Å². The Morgan fingerprint density at radius 1 is 1.48 bits per heavy atom. The van der Waals surface area contributed by atoms with Crippen LogP contribution < -0.4 is 10.6 Å². The minimum absolute atomic E-state index is 0.181. The summed E-state index contributed by atoms with van der Waals surface area (Å²) in [7, 11) is 0. The SMILES string of the molecule is Cc1nc(CNC(=O)N[C@@H]2c3cccc(F)c3CC[C@H]2C)no1. The van der Waals surface area contributed by atoms with Gasteiger partial charge in [-0.2, -0.15) is 4.98 Å². The van der Waals surface area contributed by atoms with Crippen LogP contribution in [0.1, 0.15) is 42.2 Å². The quantitative estimate of drug-likeness (QED) is 0.912. The second-order valence-corrected chi connectivity index (χ2v) is 5.86. The van der Waals surface area contributed by atoms with Gasteiger partial charge in [0.05, 0.1) is 12.6 Å². The number of aromatic nitrogens is 2. The molecule has 0 saturated carbocycles. The van der Waals surface area contributed by atoms with Gasteiger partial charge in [-0.05, 0) is 36.0 Å². The molecule has 0 fully saturated rings. The molecule has 0 spiro atoms. The first kappa shape index (κ1) is 15.5. The molecule has 7 heteroatoms. The predicted molar refractivity (Wildman–Crippen MR) is 81.0 cm³/mol. The van der Waals surface area contributed by atoms with Crippen LogP contribution >= 0.6 is 0 Å². The lowest BCUT2D eigenvalue weighted by Crippen LogP contribution is -2.41. The fourth-order valence-corrected chi connectivity index (χ4v) is 2.96. The zero-order valence-electron chi connectivity index (χ0n) is 13.1. The molecule has 23 heavy (non-hydrogen) atoms. The van der Waals surface area contributed by atoms with Crippen molar-refractivity contribution in [3.05, 3.63) is 46.9 Å². The summed E-state index contributed by atoms with van der Waals surface area (Å²) in [6.07, 6.45) is 1.54. The molecule has 6 nitrogen and oxygen atoms in total. The van der Waals surface area contributed by atoms with Gasteiger partial charge in [0, 0.05) is 6.92 Å². The van der Waals surface area contributed by atoms with Crippen molar-refractivity contribution in [2.45, 2.75) is 39.3 Å². The maximum absolute atomic E-state index is 13.9. The van der Waals surface area contributed by atoms with Crippen molar-refractivity contribution in [2.24, 2.45) is 5.92 Å². The fraction of sp³-hybridized carbons (Fsp3) is 0.438. The number of urea groups is 1. The van der Waals surface area contributed by atoms with E-state index in [-0.39, 0.29) is 30.4 Å². The van der Waals surface area contributed by atoms with Gasteiger partial charge in [-0.15, -0.1) is 0 Å². The molecule has 1 aliphatic rings. The molecule has 2 amide bonds. The lowest BCUT2D eigenvalue weighted by atomic mass is 9.80. The Morgan fingerprint density at radius 3 is 3.04 bits per heavy atom. The molecule has 0 radical (unpaired) electrons. The molecule has 1 aromatic heterocycles. The highest BCUT2D eigenvalue weighted by Gasteiger charge is 2.29. The second-order valence-electron chi connectivity index (χ2n) is 5.86. The van der Waals surface area contributed by atoms with Gasteiger partial charge in [-0.25, -0.2) is 9.18 Å². The highest BCUT2D eigenvalue weighted by atomic mass is 19.1. The molecule has 2 aromatic rings. The van der Waals surface area contributed by atoms with Crippen molar-refractivity contribution in [2.75, 3.05) is 0 Å². The van der Waals surface area contributed by atoms with E-state index in [4.69, 9.17) is 4.52 Å². The van der Waals surface area contributed by atoms with Crippen LogP contribution in [0.4, 0.5) is 9.18 Å². The van der Waals surface area contributed by atoms with Gasteiger partial charge in [0.2, 0.25) is 5.89 Å². The molecule has 0 bridgehead atoms. The van der Waals surface area contributed by atoms with Gasteiger partial charge in [0.15, 0.2) is 5.82 Å². The van der Waals surface area contributed by atoms with E-state index in [1.54, 1.807) is 13.0 Å². The van der Waals surface area contributed by atoms with Crippen molar-refractivity contribution in [3.63, 3.8) is 0 Å². The predicted octanol–water partition coefficient (Wildman–Crippen LogP) is 2.64. The van der Waals surface area contributed by atoms with E-state index in [9.17, 15) is 9.18 Å². The van der Waals surface area contributed by atoms with Gasteiger partial charge in [-0.3, -0.25) is 0 Å². The Morgan fingerprint density at radius 2 is 2.30 bits per heavy atom. The molecule has 0 unspecified atom stereocenters. The summed E-state index contributed by atoms with van der Waals surface area (Å²) in [5, 5.41) is 9.34. The average Bonchev–Trinajstić information content (AvgIpc) is 2.94. The molecular formula is C16H19FN4O2. The normalized spacial score (nSPS) is 20.0. The molecule has 0 aliphatic heterocycles. The molecule has 0 saturated heterocycles. The van der Waals surface area contributed by atoms with Gasteiger partial charge < -0.3 is 15.2 Å². The first-order chi connectivity index (χ1) is 11.0. The van der Waals surface area contributed by atoms with Crippen LogP contribution in [0.2, 0.25) is 0 Å². The number of rotatable bonds is 3.